The van der Waals surface area contributed by atoms with E-state index in [4.69, 9.17) is 9.84 Å². The van der Waals surface area contributed by atoms with Crippen molar-refractivity contribution >= 4 is 11.9 Å². The highest BCUT2D eigenvalue weighted by molar-refractivity contribution is 5.84. The first-order valence-electron chi connectivity index (χ1n) is 5.61. The molecular formula is C14H16O4. The van der Waals surface area contributed by atoms with Gasteiger partial charge in [-0.05, 0) is 13.0 Å². The van der Waals surface area contributed by atoms with Gasteiger partial charge >= 0.3 is 11.9 Å². The Morgan fingerprint density at radius 1 is 1.28 bits per heavy atom. The molecular weight excluding hydrogens is 232 g/mol. The number of aliphatic carboxylic acids is 1. The largest absolute Gasteiger partial charge is 0.478 e. The molecule has 0 aromatic carbocycles. The third kappa shape index (κ3) is 4.05. The van der Waals surface area contributed by atoms with Crippen molar-refractivity contribution in [1.82, 2.24) is 0 Å². The van der Waals surface area contributed by atoms with Crippen LogP contribution in [0.3, 0.4) is 0 Å². The molecule has 1 aliphatic rings. The zero-order valence-corrected chi connectivity index (χ0v) is 10.4. The lowest BCUT2D eigenvalue weighted by atomic mass is 9.87. The van der Waals surface area contributed by atoms with Gasteiger partial charge in [0.15, 0.2) is 0 Å². The smallest absolute Gasteiger partial charge is 0.331 e. The molecule has 18 heavy (non-hydrogen) atoms. The molecule has 4 nitrogen and oxygen atoms in total. The molecule has 0 amide bonds. The summed E-state index contributed by atoms with van der Waals surface area (Å²) in [6.45, 7) is 3.79. The van der Waals surface area contributed by atoms with Gasteiger partial charge in [0.25, 0.3) is 0 Å². The van der Waals surface area contributed by atoms with Crippen LogP contribution in [-0.4, -0.2) is 22.6 Å². The van der Waals surface area contributed by atoms with Crippen molar-refractivity contribution < 1.29 is 19.4 Å². The highest BCUT2D eigenvalue weighted by Gasteiger charge is 2.31. The quantitative estimate of drug-likeness (QED) is 0.471. The Bertz CT molecular complexity index is 443. The summed E-state index contributed by atoms with van der Waals surface area (Å²) in [7, 11) is 0. The third-order valence-corrected chi connectivity index (χ3v) is 2.74. The zero-order valence-electron chi connectivity index (χ0n) is 10.4. The van der Waals surface area contributed by atoms with Crippen molar-refractivity contribution in [2.45, 2.75) is 19.4 Å². The molecule has 0 fully saturated rings. The van der Waals surface area contributed by atoms with Crippen molar-refractivity contribution in [2.24, 2.45) is 5.92 Å². The summed E-state index contributed by atoms with van der Waals surface area (Å²) in [5.74, 6) is -1.47. The molecule has 96 valence electrons. The maximum absolute atomic E-state index is 11.6. The molecule has 1 aliphatic carbocycles. The van der Waals surface area contributed by atoms with Crippen LogP contribution in [0.1, 0.15) is 13.8 Å². The Hall–Kier alpha value is -2.10. The van der Waals surface area contributed by atoms with Gasteiger partial charge in [-0.2, -0.15) is 0 Å². The maximum Gasteiger partial charge on any atom is 0.331 e. The van der Waals surface area contributed by atoms with Gasteiger partial charge in [-0.1, -0.05) is 37.3 Å². The van der Waals surface area contributed by atoms with Crippen LogP contribution in [-0.2, 0) is 14.3 Å². The Morgan fingerprint density at radius 2 is 1.94 bits per heavy atom. The summed E-state index contributed by atoms with van der Waals surface area (Å²) in [5, 5.41) is 8.36. The molecule has 2 unspecified atom stereocenters. The number of ether oxygens (including phenoxy) is 1. The summed E-state index contributed by atoms with van der Waals surface area (Å²) in [6, 6.07) is 0. The minimum Gasteiger partial charge on any atom is -0.478 e. The number of esters is 1. The minimum atomic E-state index is -1.06. The second kappa shape index (κ2) is 6.00. The van der Waals surface area contributed by atoms with E-state index in [0.717, 1.165) is 6.08 Å². The van der Waals surface area contributed by atoms with Gasteiger partial charge in [-0.25, -0.2) is 9.59 Å². The molecule has 4 heteroatoms. The van der Waals surface area contributed by atoms with Crippen LogP contribution < -0.4 is 0 Å². The molecule has 0 radical (unpaired) electrons. The van der Waals surface area contributed by atoms with E-state index in [2.05, 4.69) is 0 Å². The fourth-order valence-electron chi connectivity index (χ4n) is 1.47. The van der Waals surface area contributed by atoms with Gasteiger partial charge in [-0.3, -0.25) is 0 Å². The number of carbonyl (C=O) groups excluding carboxylic acids is 1. The fraction of sp³-hybridized carbons (Fsp3) is 0.286. The van der Waals surface area contributed by atoms with Crippen LogP contribution in [0.5, 0.6) is 0 Å². The Morgan fingerprint density at radius 3 is 2.56 bits per heavy atom. The molecule has 0 aromatic heterocycles. The summed E-state index contributed by atoms with van der Waals surface area (Å²) in [5.41, 5.74) is -0.660. The number of hydrogen-bond acceptors (Lipinski definition) is 3. The van der Waals surface area contributed by atoms with Gasteiger partial charge in [0.2, 0.25) is 0 Å². The standard InChI is InChI=1S/C14H16O4/c1-11-7-5-6-10-14(11,2)18-13(17)9-4-3-8-12(15)16/h3-11H,1-2H3,(H,15,16). The van der Waals surface area contributed by atoms with E-state index in [9.17, 15) is 9.59 Å². The predicted molar refractivity (Wildman–Crippen MR) is 67.9 cm³/mol. The minimum absolute atomic E-state index is 0.0920. The number of carbonyl (C=O) groups is 2. The van der Waals surface area contributed by atoms with Gasteiger partial charge in [0, 0.05) is 18.1 Å². The van der Waals surface area contributed by atoms with E-state index >= 15 is 0 Å². The number of carboxylic acids is 1. The van der Waals surface area contributed by atoms with Crippen molar-refractivity contribution in [2.75, 3.05) is 0 Å². The topological polar surface area (TPSA) is 63.6 Å². The lowest BCUT2D eigenvalue weighted by molar-refractivity contribution is -0.150. The molecule has 2 atom stereocenters. The van der Waals surface area contributed by atoms with Crippen molar-refractivity contribution in [1.29, 1.82) is 0 Å². The predicted octanol–water partition coefficient (Wildman–Crippen LogP) is 2.25. The van der Waals surface area contributed by atoms with Crippen LogP contribution in [0.15, 0.2) is 48.6 Å². The number of rotatable bonds is 4. The van der Waals surface area contributed by atoms with E-state index in [1.807, 2.05) is 38.2 Å². The summed E-state index contributed by atoms with van der Waals surface area (Å²) >= 11 is 0. The average molecular weight is 248 g/mol. The lowest BCUT2D eigenvalue weighted by Gasteiger charge is -2.32. The van der Waals surface area contributed by atoms with E-state index < -0.39 is 17.5 Å². The van der Waals surface area contributed by atoms with Crippen LogP contribution in [0.2, 0.25) is 0 Å². The molecule has 0 saturated carbocycles. The Kier molecular flexibility index (Phi) is 4.66. The first-order valence-corrected chi connectivity index (χ1v) is 5.61. The summed E-state index contributed by atoms with van der Waals surface area (Å²) in [4.78, 5) is 21.8. The van der Waals surface area contributed by atoms with E-state index in [0.29, 0.717) is 0 Å². The van der Waals surface area contributed by atoms with E-state index in [-0.39, 0.29) is 5.92 Å². The summed E-state index contributed by atoms with van der Waals surface area (Å²) in [6.07, 6.45) is 12.3. The normalized spacial score (nSPS) is 26.9. The number of carboxylic acid groups (broad SMARTS) is 1. The van der Waals surface area contributed by atoms with E-state index in [1.165, 1.54) is 18.2 Å². The van der Waals surface area contributed by atoms with Crippen molar-refractivity contribution in [3.05, 3.63) is 48.6 Å². The highest BCUT2D eigenvalue weighted by Crippen LogP contribution is 2.27. The van der Waals surface area contributed by atoms with Gasteiger partial charge < -0.3 is 9.84 Å². The summed E-state index contributed by atoms with van der Waals surface area (Å²) < 4.78 is 5.35. The molecule has 0 heterocycles. The SMILES string of the molecule is CC1C=CC=CC1(C)OC(=O)C=CC=CC(=O)O. The molecule has 0 spiro atoms. The molecule has 0 saturated heterocycles. The van der Waals surface area contributed by atoms with Gasteiger partial charge in [0.1, 0.15) is 5.60 Å². The maximum atomic E-state index is 11.6. The van der Waals surface area contributed by atoms with Gasteiger partial charge in [0.05, 0.1) is 0 Å². The molecule has 0 aliphatic heterocycles. The highest BCUT2D eigenvalue weighted by atomic mass is 16.6. The lowest BCUT2D eigenvalue weighted by Crippen LogP contribution is -2.36. The Labute approximate surface area is 106 Å². The first kappa shape index (κ1) is 14.0. The monoisotopic (exact) mass is 248 g/mol. The van der Waals surface area contributed by atoms with E-state index in [1.54, 1.807) is 0 Å². The number of hydrogen-bond donors (Lipinski definition) is 1. The molecule has 0 bridgehead atoms. The second-order valence-electron chi connectivity index (χ2n) is 4.19. The number of allylic oxidation sites excluding steroid dienone is 4. The molecule has 0 aromatic rings. The molecule has 1 rings (SSSR count). The first-order chi connectivity index (χ1) is 8.44. The second-order valence-corrected chi connectivity index (χ2v) is 4.19. The van der Waals surface area contributed by atoms with Gasteiger partial charge in [-0.15, -0.1) is 0 Å². The van der Waals surface area contributed by atoms with Crippen molar-refractivity contribution in [3.63, 3.8) is 0 Å². The van der Waals surface area contributed by atoms with Crippen LogP contribution in [0.4, 0.5) is 0 Å². The zero-order chi connectivity index (χ0) is 13.6. The average Bonchev–Trinajstić information content (AvgIpc) is 2.28. The van der Waals surface area contributed by atoms with Crippen LogP contribution in [0.25, 0.3) is 0 Å². The fourth-order valence-corrected chi connectivity index (χ4v) is 1.47. The van der Waals surface area contributed by atoms with Crippen LogP contribution in [0, 0.1) is 5.92 Å². The van der Waals surface area contributed by atoms with Crippen LogP contribution >= 0.6 is 0 Å². The van der Waals surface area contributed by atoms with Crippen molar-refractivity contribution in [3.8, 4) is 0 Å². The third-order valence-electron chi connectivity index (χ3n) is 2.74. The molecule has 1 N–H and O–H groups in total. The Balaban J connectivity index is 2.57.